The Labute approximate surface area is 168 Å². The monoisotopic (exact) mass is 401 g/mol. The molecule has 0 aliphatic heterocycles. The third kappa shape index (κ3) is 3.44. The van der Waals surface area contributed by atoms with Crippen LogP contribution in [-0.4, -0.2) is 34.8 Å². The normalized spacial score (nSPS) is 13.8. The molecule has 6 heteroatoms. The number of rotatable bonds is 5. The minimum absolute atomic E-state index is 0.0776. The first kappa shape index (κ1) is 18.7. The van der Waals surface area contributed by atoms with E-state index < -0.39 is 0 Å². The van der Waals surface area contributed by atoms with Crippen molar-refractivity contribution in [1.29, 1.82) is 0 Å². The highest BCUT2D eigenvalue weighted by Gasteiger charge is 2.22. The van der Waals surface area contributed by atoms with Crippen molar-refractivity contribution in [3.63, 3.8) is 0 Å². The van der Waals surface area contributed by atoms with E-state index >= 15 is 0 Å². The molecule has 3 aromatic rings. The van der Waals surface area contributed by atoms with E-state index in [4.69, 9.17) is 11.6 Å². The molecule has 2 heterocycles. The van der Waals surface area contributed by atoms with Gasteiger partial charge < -0.3 is 10.0 Å². The first-order valence-corrected chi connectivity index (χ1v) is 10.8. The van der Waals surface area contributed by atoms with Crippen LogP contribution < -0.4 is 4.90 Å². The Morgan fingerprint density at radius 1 is 1.19 bits per heavy atom. The van der Waals surface area contributed by atoms with Gasteiger partial charge in [-0.3, -0.25) is 0 Å². The molecule has 0 unspecified atom stereocenters. The number of hydrogen-bond donors (Lipinski definition) is 1. The van der Waals surface area contributed by atoms with Crippen LogP contribution in [0, 0.1) is 6.92 Å². The Hall–Kier alpha value is -1.69. The van der Waals surface area contributed by atoms with E-state index in [1.54, 1.807) is 11.3 Å². The van der Waals surface area contributed by atoms with Crippen LogP contribution in [0.25, 0.3) is 21.3 Å². The lowest BCUT2D eigenvalue weighted by Gasteiger charge is -2.22. The minimum atomic E-state index is 0.0776. The summed E-state index contributed by atoms with van der Waals surface area (Å²) in [6.07, 6.45) is 4.90. The summed E-state index contributed by atoms with van der Waals surface area (Å²) in [5, 5.41) is 10.8. The van der Waals surface area contributed by atoms with Crippen LogP contribution in [0.3, 0.4) is 0 Å². The summed E-state index contributed by atoms with van der Waals surface area (Å²) in [5.41, 5.74) is 5.38. The molecule has 0 saturated carbocycles. The van der Waals surface area contributed by atoms with E-state index in [1.807, 2.05) is 0 Å². The fourth-order valence-electron chi connectivity index (χ4n) is 4.07. The maximum Gasteiger partial charge on any atom is 0.225 e. The molecule has 4 rings (SSSR count). The maximum absolute atomic E-state index is 9.48. The minimum Gasteiger partial charge on any atom is -0.395 e. The number of anilines is 1. The zero-order valence-corrected chi connectivity index (χ0v) is 17.3. The number of hydrogen-bond acceptors (Lipinski definition) is 5. The van der Waals surface area contributed by atoms with Gasteiger partial charge in [-0.05, 0) is 67.8 Å². The van der Waals surface area contributed by atoms with Gasteiger partial charge in [-0.2, -0.15) is 4.98 Å². The number of aromatic nitrogens is 2. The molecule has 0 fully saturated rings. The number of benzene rings is 1. The molecular weight excluding hydrogens is 378 g/mol. The third-order valence-corrected chi connectivity index (χ3v) is 6.54. The van der Waals surface area contributed by atoms with E-state index in [-0.39, 0.29) is 11.9 Å². The van der Waals surface area contributed by atoms with E-state index in [0.717, 1.165) is 29.0 Å². The number of halogens is 1. The molecule has 4 nitrogen and oxygen atoms in total. The molecule has 1 aromatic carbocycles. The molecule has 1 aliphatic rings. The summed E-state index contributed by atoms with van der Waals surface area (Å²) in [6.45, 7) is 5.56. The second-order valence-corrected chi connectivity index (χ2v) is 8.56. The summed E-state index contributed by atoms with van der Waals surface area (Å²) >= 11 is 7.88. The van der Waals surface area contributed by atoms with Crippen LogP contribution >= 0.6 is 22.9 Å². The van der Waals surface area contributed by atoms with Gasteiger partial charge >= 0.3 is 0 Å². The first-order chi connectivity index (χ1) is 13.1. The van der Waals surface area contributed by atoms with Crippen LogP contribution in [0.1, 0.15) is 35.8 Å². The van der Waals surface area contributed by atoms with Gasteiger partial charge in [0.1, 0.15) is 10.6 Å². The van der Waals surface area contributed by atoms with Crippen LogP contribution in [0.4, 0.5) is 5.82 Å². The summed E-state index contributed by atoms with van der Waals surface area (Å²) < 4.78 is 0. The van der Waals surface area contributed by atoms with Crippen molar-refractivity contribution in [2.75, 3.05) is 24.6 Å². The standard InChI is InChI=1S/C21H24ClN3OS/c1-3-25(10-11-26)19-18-17(13(2)27-20(18)24-21(22)23-19)16-9-8-14-6-4-5-7-15(14)12-16/h8-9,12,26H,3-7,10-11H2,1-2H3. The Balaban J connectivity index is 1.94. The highest BCUT2D eigenvalue weighted by Crippen LogP contribution is 2.43. The Morgan fingerprint density at radius 2 is 1.96 bits per heavy atom. The summed E-state index contributed by atoms with van der Waals surface area (Å²) in [6, 6.07) is 6.87. The summed E-state index contributed by atoms with van der Waals surface area (Å²) in [5.74, 6) is 0.818. The first-order valence-electron chi connectivity index (χ1n) is 9.57. The zero-order chi connectivity index (χ0) is 19.0. The third-order valence-electron chi connectivity index (χ3n) is 5.37. The van der Waals surface area contributed by atoms with Crippen LogP contribution in [0.2, 0.25) is 5.28 Å². The van der Waals surface area contributed by atoms with Gasteiger partial charge in [0.2, 0.25) is 5.28 Å². The number of aliphatic hydroxyl groups excluding tert-OH is 1. The number of aryl methyl sites for hydroxylation is 3. The molecule has 0 radical (unpaired) electrons. The summed E-state index contributed by atoms with van der Waals surface area (Å²) in [4.78, 5) is 13.2. The highest BCUT2D eigenvalue weighted by atomic mass is 35.5. The quantitative estimate of drug-likeness (QED) is 0.610. The van der Waals surface area contributed by atoms with E-state index in [0.29, 0.717) is 6.54 Å². The topological polar surface area (TPSA) is 49.2 Å². The number of aliphatic hydroxyl groups is 1. The molecule has 1 N–H and O–H groups in total. The molecule has 142 valence electrons. The number of fused-ring (bicyclic) bond motifs is 2. The highest BCUT2D eigenvalue weighted by molar-refractivity contribution is 7.19. The lowest BCUT2D eigenvalue weighted by Crippen LogP contribution is -2.27. The van der Waals surface area contributed by atoms with Gasteiger partial charge in [-0.1, -0.05) is 18.2 Å². The Morgan fingerprint density at radius 3 is 2.70 bits per heavy atom. The smallest absolute Gasteiger partial charge is 0.225 e. The van der Waals surface area contributed by atoms with E-state index in [1.165, 1.54) is 46.4 Å². The molecule has 2 aromatic heterocycles. The van der Waals surface area contributed by atoms with Gasteiger partial charge in [0.15, 0.2) is 0 Å². The predicted octanol–water partition coefficient (Wildman–Crippen LogP) is 5.02. The maximum atomic E-state index is 9.48. The van der Waals surface area contributed by atoms with Gasteiger partial charge in [-0.25, -0.2) is 4.98 Å². The number of nitrogens with zero attached hydrogens (tertiary/aromatic N) is 3. The molecule has 0 bridgehead atoms. The SMILES string of the molecule is CCN(CCO)c1nc(Cl)nc2sc(C)c(-c3ccc4c(c3)CCCC4)c12. The van der Waals surface area contributed by atoms with Crippen molar-refractivity contribution in [3.8, 4) is 11.1 Å². The second kappa shape index (κ2) is 7.74. The van der Waals surface area contributed by atoms with Crippen molar-refractivity contribution < 1.29 is 5.11 Å². The van der Waals surface area contributed by atoms with Crippen LogP contribution in [-0.2, 0) is 12.8 Å². The zero-order valence-electron chi connectivity index (χ0n) is 15.8. The van der Waals surface area contributed by atoms with Crippen molar-refractivity contribution in [2.45, 2.75) is 39.5 Å². The molecular formula is C21H24ClN3OS. The van der Waals surface area contributed by atoms with Gasteiger partial charge in [-0.15, -0.1) is 11.3 Å². The van der Waals surface area contributed by atoms with Crippen molar-refractivity contribution in [1.82, 2.24) is 9.97 Å². The second-order valence-electron chi connectivity index (χ2n) is 7.02. The molecule has 0 saturated heterocycles. The molecule has 27 heavy (non-hydrogen) atoms. The lowest BCUT2D eigenvalue weighted by molar-refractivity contribution is 0.302. The van der Waals surface area contributed by atoms with Crippen molar-refractivity contribution in [3.05, 3.63) is 39.5 Å². The number of thiophene rings is 1. The van der Waals surface area contributed by atoms with Crippen molar-refractivity contribution >= 4 is 39.0 Å². The van der Waals surface area contributed by atoms with Crippen LogP contribution in [0.5, 0.6) is 0 Å². The van der Waals surface area contributed by atoms with Gasteiger partial charge in [0.05, 0.1) is 12.0 Å². The van der Waals surface area contributed by atoms with Gasteiger partial charge in [0.25, 0.3) is 0 Å². The molecule has 1 aliphatic carbocycles. The van der Waals surface area contributed by atoms with Gasteiger partial charge in [0, 0.05) is 23.5 Å². The van der Waals surface area contributed by atoms with Crippen molar-refractivity contribution in [2.24, 2.45) is 0 Å². The van der Waals surface area contributed by atoms with E-state index in [2.05, 4.69) is 46.9 Å². The predicted molar refractivity (Wildman–Crippen MR) is 114 cm³/mol. The molecule has 0 atom stereocenters. The van der Waals surface area contributed by atoms with E-state index in [9.17, 15) is 5.11 Å². The average molecular weight is 402 g/mol. The Kier molecular flexibility index (Phi) is 5.35. The fourth-order valence-corrected chi connectivity index (χ4v) is 5.32. The summed E-state index contributed by atoms with van der Waals surface area (Å²) in [7, 11) is 0. The largest absolute Gasteiger partial charge is 0.395 e. The fraction of sp³-hybridized carbons (Fsp3) is 0.429. The number of likely N-dealkylation sites (N-methyl/N-ethyl adjacent to an activating group) is 1. The van der Waals surface area contributed by atoms with Crippen LogP contribution in [0.15, 0.2) is 18.2 Å². The average Bonchev–Trinajstić information content (AvgIpc) is 3.00. The Bertz CT molecular complexity index is 985. The molecule has 0 spiro atoms. The molecule has 0 amide bonds. The lowest BCUT2D eigenvalue weighted by atomic mass is 9.89.